The minimum Gasteiger partial charge on any atom is -0.443 e. The molecule has 1 unspecified atom stereocenters. The molecule has 0 spiro atoms. The van der Waals surface area contributed by atoms with Crippen LogP contribution in [0, 0.1) is 13.8 Å². The highest BCUT2D eigenvalue weighted by Crippen LogP contribution is 2.17. The molecule has 1 rings (SSSR count). The summed E-state index contributed by atoms with van der Waals surface area (Å²) >= 11 is 0. The van der Waals surface area contributed by atoms with Gasteiger partial charge in [-0.1, -0.05) is 0 Å². The molecule has 12 heavy (non-hydrogen) atoms. The predicted molar refractivity (Wildman–Crippen MR) is 42.5 cm³/mol. The first-order valence-electron chi connectivity index (χ1n) is 3.66. The SMILES string of the molecule is Cc1nc(C(C)N=C=O)oc1C. The lowest BCUT2D eigenvalue weighted by Crippen LogP contribution is -1.88. The topological polar surface area (TPSA) is 55.5 Å². The Kier molecular flexibility index (Phi) is 2.41. The van der Waals surface area contributed by atoms with Crippen LogP contribution in [0.1, 0.15) is 30.3 Å². The third-order valence-electron chi connectivity index (χ3n) is 1.65. The maximum atomic E-state index is 9.92. The second-order valence-electron chi connectivity index (χ2n) is 2.59. The summed E-state index contributed by atoms with van der Waals surface area (Å²) in [5.74, 6) is 1.23. The Bertz CT molecular complexity index is 304. The van der Waals surface area contributed by atoms with Crippen molar-refractivity contribution in [1.82, 2.24) is 4.98 Å². The third-order valence-corrected chi connectivity index (χ3v) is 1.65. The van der Waals surface area contributed by atoms with Crippen LogP contribution in [-0.2, 0) is 4.79 Å². The van der Waals surface area contributed by atoms with Crippen LogP contribution in [0.4, 0.5) is 0 Å². The van der Waals surface area contributed by atoms with E-state index in [-0.39, 0.29) is 6.04 Å². The molecule has 0 N–H and O–H groups in total. The molecule has 0 saturated carbocycles. The summed E-state index contributed by atoms with van der Waals surface area (Å²) in [6.07, 6.45) is 1.47. The highest BCUT2D eigenvalue weighted by molar-refractivity contribution is 5.33. The van der Waals surface area contributed by atoms with E-state index >= 15 is 0 Å². The Labute approximate surface area is 70.3 Å². The third kappa shape index (κ3) is 1.60. The van der Waals surface area contributed by atoms with Crippen molar-refractivity contribution in [3.63, 3.8) is 0 Å². The smallest absolute Gasteiger partial charge is 0.235 e. The number of hydrogen-bond acceptors (Lipinski definition) is 4. The Hall–Kier alpha value is -1.41. The maximum absolute atomic E-state index is 9.92. The molecule has 0 aliphatic heterocycles. The first-order valence-corrected chi connectivity index (χ1v) is 3.66. The Morgan fingerprint density at radius 2 is 2.25 bits per heavy atom. The number of nitrogens with zero attached hydrogens (tertiary/aromatic N) is 2. The molecule has 4 heteroatoms. The van der Waals surface area contributed by atoms with Crippen LogP contribution < -0.4 is 0 Å². The molecule has 1 aromatic heterocycles. The fraction of sp³-hybridized carbons (Fsp3) is 0.500. The fourth-order valence-corrected chi connectivity index (χ4v) is 0.811. The molecular formula is C8H10N2O2. The largest absolute Gasteiger partial charge is 0.443 e. The number of hydrogen-bond donors (Lipinski definition) is 0. The zero-order valence-electron chi connectivity index (χ0n) is 7.29. The standard InChI is InChI=1S/C8H10N2O2/c1-5-7(3)12-8(10-5)6(2)9-4-11/h6H,1-3H3. The summed E-state index contributed by atoms with van der Waals surface area (Å²) in [5, 5.41) is 0. The highest BCUT2D eigenvalue weighted by atomic mass is 16.4. The van der Waals surface area contributed by atoms with Crippen LogP contribution in [0.3, 0.4) is 0 Å². The number of aliphatic imine (C=N–C) groups is 1. The van der Waals surface area contributed by atoms with Gasteiger partial charge in [0.05, 0.1) is 5.69 Å². The lowest BCUT2D eigenvalue weighted by Gasteiger charge is -1.94. The summed E-state index contributed by atoms with van der Waals surface area (Å²) in [7, 11) is 0. The van der Waals surface area contributed by atoms with Gasteiger partial charge in [-0.3, -0.25) is 0 Å². The van der Waals surface area contributed by atoms with Crippen LogP contribution >= 0.6 is 0 Å². The summed E-state index contributed by atoms with van der Waals surface area (Å²) in [6.45, 7) is 5.40. The first kappa shape index (κ1) is 8.68. The van der Waals surface area contributed by atoms with Crippen molar-refractivity contribution >= 4 is 6.08 Å². The van der Waals surface area contributed by atoms with E-state index in [4.69, 9.17) is 4.42 Å². The number of aromatic nitrogens is 1. The van der Waals surface area contributed by atoms with Crippen molar-refractivity contribution in [3.05, 3.63) is 17.3 Å². The van der Waals surface area contributed by atoms with E-state index in [1.807, 2.05) is 13.8 Å². The maximum Gasteiger partial charge on any atom is 0.235 e. The van der Waals surface area contributed by atoms with Gasteiger partial charge < -0.3 is 4.42 Å². The number of rotatable bonds is 2. The van der Waals surface area contributed by atoms with Gasteiger partial charge in [0, 0.05) is 0 Å². The zero-order chi connectivity index (χ0) is 9.14. The molecule has 0 amide bonds. The number of oxazole rings is 1. The van der Waals surface area contributed by atoms with Crippen LogP contribution in [0.15, 0.2) is 9.41 Å². The minimum atomic E-state index is -0.338. The van der Waals surface area contributed by atoms with E-state index in [1.54, 1.807) is 6.92 Å². The number of aryl methyl sites for hydroxylation is 2. The van der Waals surface area contributed by atoms with E-state index < -0.39 is 0 Å². The predicted octanol–water partition coefficient (Wildman–Crippen LogP) is 1.69. The van der Waals surface area contributed by atoms with Gasteiger partial charge in [-0.15, -0.1) is 0 Å². The Morgan fingerprint density at radius 1 is 1.58 bits per heavy atom. The molecule has 1 atom stereocenters. The minimum absolute atomic E-state index is 0.338. The molecule has 4 nitrogen and oxygen atoms in total. The second kappa shape index (κ2) is 3.32. The molecule has 0 aromatic carbocycles. The van der Waals surface area contributed by atoms with Crippen molar-refractivity contribution in [2.75, 3.05) is 0 Å². The van der Waals surface area contributed by atoms with E-state index in [0.717, 1.165) is 11.5 Å². The molecule has 0 aliphatic rings. The van der Waals surface area contributed by atoms with E-state index in [2.05, 4.69) is 9.98 Å². The van der Waals surface area contributed by atoms with Gasteiger partial charge in [0.15, 0.2) is 0 Å². The average Bonchev–Trinajstić information content (AvgIpc) is 2.33. The first-order chi connectivity index (χ1) is 5.65. The van der Waals surface area contributed by atoms with Gasteiger partial charge in [0.25, 0.3) is 0 Å². The van der Waals surface area contributed by atoms with Crippen molar-refractivity contribution in [1.29, 1.82) is 0 Å². The van der Waals surface area contributed by atoms with Gasteiger partial charge in [0.2, 0.25) is 12.0 Å². The monoisotopic (exact) mass is 166 g/mol. The van der Waals surface area contributed by atoms with Crippen molar-refractivity contribution in [2.45, 2.75) is 26.8 Å². The Balaban J connectivity index is 2.95. The lowest BCUT2D eigenvalue weighted by atomic mass is 10.3. The van der Waals surface area contributed by atoms with Gasteiger partial charge >= 0.3 is 0 Å². The van der Waals surface area contributed by atoms with Gasteiger partial charge in [-0.05, 0) is 20.8 Å². The number of carbonyl (C=O) groups excluding carboxylic acids is 1. The summed E-state index contributed by atoms with van der Waals surface area (Å²) < 4.78 is 5.24. The zero-order valence-corrected chi connectivity index (χ0v) is 7.29. The summed E-state index contributed by atoms with van der Waals surface area (Å²) in [4.78, 5) is 17.5. The Morgan fingerprint density at radius 3 is 2.67 bits per heavy atom. The van der Waals surface area contributed by atoms with Gasteiger partial charge in [0.1, 0.15) is 11.8 Å². The normalized spacial score (nSPS) is 12.2. The number of isocyanates is 1. The van der Waals surface area contributed by atoms with Gasteiger partial charge in [-0.25, -0.2) is 9.78 Å². The van der Waals surface area contributed by atoms with Crippen LogP contribution in [-0.4, -0.2) is 11.1 Å². The lowest BCUT2D eigenvalue weighted by molar-refractivity contribution is 0.442. The molecule has 0 fully saturated rings. The van der Waals surface area contributed by atoms with Crippen molar-refractivity contribution < 1.29 is 9.21 Å². The molecule has 64 valence electrons. The summed E-state index contributed by atoms with van der Waals surface area (Å²) in [5.41, 5.74) is 0.831. The molecule has 0 saturated heterocycles. The van der Waals surface area contributed by atoms with Crippen molar-refractivity contribution in [3.8, 4) is 0 Å². The van der Waals surface area contributed by atoms with Crippen LogP contribution in [0.2, 0.25) is 0 Å². The fourth-order valence-electron chi connectivity index (χ4n) is 0.811. The summed E-state index contributed by atoms with van der Waals surface area (Å²) in [6, 6.07) is -0.338. The molecule has 0 aliphatic carbocycles. The van der Waals surface area contributed by atoms with Gasteiger partial charge in [-0.2, -0.15) is 4.99 Å². The molecule has 0 bridgehead atoms. The quantitative estimate of drug-likeness (QED) is 0.496. The van der Waals surface area contributed by atoms with E-state index in [1.165, 1.54) is 6.08 Å². The van der Waals surface area contributed by atoms with E-state index in [0.29, 0.717) is 5.89 Å². The second-order valence-corrected chi connectivity index (χ2v) is 2.59. The van der Waals surface area contributed by atoms with Crippen molar-refractivity contribution in [2.24, 2.45) is 4.99 Å². The highest BCUT2D eigenvalue weighted by Gasteiger charge is 2.11. The molecule has 0 radical (unpaired) electrons. The molecule has 1 aromatic rings. The van der Waals surface area contributed by atoms with Crippen LogP contribution in [0.5, 0.6) is 0 Å². The molecule has 1 heterocycles. The van der Waals surface area contributed by atoms with E-state index in [9.17, 15) is 4.79 Å². The van der Waals surface area contributed by atoms with Crippen LogP contribution in [0.25, 0.3) is 0 Å². The molecular weight excluding hydrogens is 156 g/mol. The average molecular weight is 166 g/mol.